The fourth-order valence-corrected chi connectivity index (χ4v) is 2.10. The zero-order chi connectivity index (χ0) is 15.7. The van der Waals surface area contributed by atoms with E-state index in [1.165, 1.54) is 12.1 Å². The Hall–Kier alpha value is -2.83. The highest BCUT2D eigenvalue weighted by Crippen LogP contribution is 2.24. The lowest BCUT2D eigenvalue weighted by molar-refractivity contribution is 0.584. The highest BCUT2D eigenvalue weighted by molar-refractivity contribution is 5.65. The molecule has 0 fully saturated rings. The maximum Gasteiger partial charge on any atom is 0.227 e. The number of halogens is 2. The predicted molar refractivity (Wildman–Crippen MR) is 78.6 cm³/mol. The normalized spacial score (nSPS) is 10.7. The van der Waals surface area contributed by atoms with Crippen LogP contribution in [0, 0.1) is 18.6 Å². The van der Waals surface area contributed by atoms with Gasteiger partial charge in [-0.3, -0.25) is 4.68 Å². The first-order chi connectivity index (χ1) is 10.5. The van der Waals surface area contributed by atoms with Gasteiger partial charge in [-0.05, 0) is 24.6 Å². The van der Waals surface area contributed by atoms with Crippen molar-refractivity contribution in [2.45, 2.75) is 6.92 Å². The van der Waals surface area contributed by atoms with Gasteiger partial charge in [0.2, 0.25) is 5.95 Å². The van der Waals surface area contributed by atoms with Crippen molar-refractivity contribution in [1.82, 2.24) is 19.7 Å². The van der Waals surface area contributed by atoms with Crippen LogP contribution in [0.2, 0.25) is 0 Å². The Bertz CT molecular complexity index is 808. The molecule has 3 rings (SSSR count). The van der Waals surface area contributed by atoms with Crippen molar-refractivity contribution >= 4 is 11.6 Å². The van der Waals surface area contributed by atoms with Gasteiger partial charge in [-0.25, -0.2) is 18.7 Å². The molecular formula is C15H13F2N5. The topological polar surface area (TPSA) is 55.6 Å². The lowest BCUT2D eigenvalue weighted by atomic mass is 10.1. The standard InChI is InChI=1S/C15H13F2N5/c1-9-6-18-15(20-13-7-19-22(2)8-13)21-14(9)10-3-11(16)5-12(17)4-10/h3-8H,1-2H3,(H,18,20,21). The minimum atomic E-state index is -0.644. The molecule has 3 aromatic rings. The van der Waals surface area contributed by atoms with Gasteiger partial charge in [-0.2, -0.15) is 5.10 Å². The molecule has 0 unspecified atom stereocenters. The van der Waals surface area contributed by atoms with Crippen LogP contribution < -0.4 is 5.32 Å². The summed E-state index contributed by atoms with van der Waals surface area (Å²) < 4.78 is 28.4. The SMILES string of the molecule is Cc1cnc(Nc2cnn(C)c2)nc1-c1cc(F)cc(F)c1. The summed E-state index contributed by atoms with van der Waals surface area (Å²) in [6.45, 7) is 1.78. The minimum absolute atomic E-state index is 0.332. The molecule has 1 N–H and O–H groups in total. The monoisotopic (exact) mass is 301 g/mol. The minimum Gasteiger partial charge on any atom is -0.321 e. The van der Waals surface area contributed by atoms with E-state index in [2.05, 4.69) is 20.4 Å². The van der Waals surface area contributed by atoms with Crippen LogP contribution in [0.25, 0.3) is 11.3 Å². The number of anilines is 2. The molecule has 0 saturated carbocycles. The summed E-state index contributed by atoms with van der Waals surface area (Å²) in [4.78, 5) is 8.50. The van der Waals surface area contributed by atoms with Gasteiger partial charge in [0.15, 0.2) is 0 Å². The molecule has 0 spiro atoms. The smallest absolute Gasteiger partial charge is 0.227 e. The van der Waals surface area contributed by atoms with Crippen molar-refractivity contribution in [3.63, 3.8) is 0 Å². The Labute approximate surface area is 125 Å². The third kappa shape index (κ3) is 2.93. The molecule has 1 aromatic carbocycles. The predicted octanol–water partition coefficient (Wildman–Crippen LogP) is 3.21. The van der Waals surface area contributed by atoms with Gasteiger partial charge in [-0.15, -0.1) is 0 Å². The molecule has 22 heavy (non-hydrogen) atoms. The number of rotatable bonds is 3. The maximum atomic E-state index is 13.4. The Morgan fingerprint density at radius 3 is 2.45 bits per heavy atom. The van der Waals surface area contributed by atoms with E-state index in [0.29, 0.717) is 17.2 Å². The van der Waals surface area contributed by atoms with Crippen LogP contribution >= 0.6 is 0 Å². The maximum absolute atomic E-state index is 13.4. The first-order valence-electron chi connectivity index (χ1n) is 6.57. The number of aromatic nitrogens is 4. The third-order valence-corrected chi connectivity index (χ3v) is 3.07. The van der Waals surface area contributed by atoms with Gasteiger partial charge in [-0.1, -0.05) is 0 Å². The molecule has 0 amide bonds. The molecule has 0 bridgehead atoms. The summed E-state index contributed by atoms with van der Waals surface area (Å²) in [6, 6.07) is 3.31. The van der Waals surface area contributed by atoms with Crippen molar-refractivity contribution < 1.29 is 8.78 Å². The molecule has 0 atom stereocenters. The first-order valence-corrected chi connectivity index (χ1v) is 6.57. The van der Waals surface area contributed by atoms with Gasteiger partial charge in [0.25, 0.3) is 0 Å². The second kappa shape index (κ2) is 5.51. The Balaban J connectivity index is 1.99. The van der Waals surface area contributed by atoms with E-state index in [1.807, 2.05) is 0 Å². The summed E-state index contributed by atoms with van der Waals surface area (Å²) in [5.74, 6) is -0.956. The summed E-state index contributed by atoms with van der Waals surface area (Å²) in [5, 5.41) is 7.03. The summed E-state index contributed by atoms with van der Waals surface area (Å²) in [5.41, 5.74) is 2.29. The Morgan fingerprint density at radius 1 is 1.09 bits per heavy atom. The molecule has 2 aromatic heterocycles. The number of aryl methyl sites for hydroxylation is 2. The highest BCUT2D eigenvalue weighted by atomic mass is 19.1. The largest absolute Gasteiger partial charge is 0.321 e. The van der Waals surface area contributed by atoms with E-state index < -0.39 is 11.6 Å². The molecule has 7 heteroatoms. The number of benzene rings is 1. The van der Waals surface area contributed by atoms with Gasteiger partial charge in [0.05, 0.1) is 17.6 Å². The van der Waals surface area contributed by atoms with Crippen LogP contribution in [0.15, 0.2) is 36.8 Å². The molecule has 112 valence electrons. The van der Waals surface area contributed by atoms with Crippen molar-refractivity contribution in [3.05, 3.63) is 54.0 Å². The quantitative estimate of drug-likeness (QED) is 0.807. The summed E-state index contributed by atoms with van der Waals surface area (Å²) >= 11 is 0. The lowest BCUT2D eigenvalue weighted by Crippen LogP contribution is -2.00. The molecular weight excluding hydrogens is 288 g/mol. The molecule has 0 radical (unpaired) electrons. The van der Waals surface area contributed by atoms with E-state index in [1.54, 1.807) is 37.2 Å². The van der Waals surface area contributed by atoms with E-state index in [9.17, 15) is 8.78 Å². The van der Waals surface area contributed by atoms with Gasteiger partial charge in [0.1, 0.15) is 11.6 Å². The molecule has 0 aliphatic carbocycles. The van der Waals surface area contributed by atoms with Crippen LogP contribution in [0.5, 0.6) is 0 Å². The number of hydrogen-bond donors (Lipinski definition) is 1. The van der Waals surface area contributed by atoms with Crippen molar-refractivity contribution in [2.24, 2.45) is 7.05 Å². The second-order valence-electron chi connectivity index (χ2n) is 4.91. The van der Waals surface area contributed by atoms with Crippen LogP contribution in [0.4, 0.5) is 20.4 Å². The lowest BCUT2D eigenvalue weighted by Gasteiger charge is -2.08. The molecule has 0 saturated heterocycles. The van der Waals surface area contributed by atoms with E-state index in [0.717, 1.165) is 17.3 Å². The van der Waals surface area contributed by atoms with E-state index >= 15 is 0 Å². The first kappa shape index (κ1) is 14.1. The van der Waals surface area contributed by atoms with Crippen LogP contribution in [-0.2, 0) is 7.05 Å². The number of nitrogens with one attached hydrogen (secondary N) is 1. The average Bonchev–Trinajstić information content (AvgIpc) is 2.85. The number of hydrogen-bond acceptors (Lipinski definition) is 4. The van der Waals surface area contributed by atoms with Gasteiger partial charge >= 0.3 is 0 Å². The highest BCUT2D eigenvalue weighted by Gasteiger charge is 2.10. The molecule has 0 aliphatic rings. The van der Waals surface area contributed by atoms with Crippen molar-refractivity contribution in [1.29, 1.82) is 0 Å². The van der Waals surface area contributed by atoms with Crippen molar-refractivity contribution in [3.8, 4) is 11.3 Å². The van der Waals surface area contributed by atoms with Crippen LogP contribution in [0.3, 0.4) is 0 Å². The number of nitrogens with zero attached hydrogens (tertiary/aromatic N) is 4. The fraction of sp³-hybridized carbons (Fsp3) is 0.133. The average molecular weight is 301 g/mol. The summed E-state index contributed by atoms with van der Waals surface area (Å²) in [6.07, 6.45) is 5.00. The zero-order valence-electron chi connectivity index (χ0n) is 12.0. The van der Waals surface area contributed by atoms with Gasteiger partial charge in [0, 0.05) is 31.1 Å². The Kier molecular flexibility index (Phi) is 3.54. The fourth-order valence-electron chi connectivity index (χ4n) is 2.10. The zero-order valence-corrected chi connectivity index (χ0v) is 12.0. The van der Waals surface area contributed by atoms with E-state index in [4.69, 9.17) is 0 Å². The van der Waals surface area contributed by atoms with Crippen molar-refractivity contribution in [2.75, 3.05) is 5.32 Å². The van der Waals surface area contributed by atoms with Crippen LogP contribution in [-0.4, -0.2) is 19.7 Å². The molecule has 5 nitrogen and oxygen atoms in total. The van der Waals surface area contributed by atoms with E-state index in [-0.39, 0.29) is 0 Å². The summed E-state index contributed by atoms with van der Waals surface area (Å²) in [7, 11) is 1.79. The molecule has 0 aliphatic heterocycles. The van der Waals surface area contributed by atoms with Gasteiger partial charge < -0.3 is 5.32 Å². The van der Waals surface area contributed by atoms with Crippen LogP contribution in [0.1, 0.15) is 5.56 Å². The molecule has 2 heterocycles. The second-order valence-corrected chi connectivity index (χ2v) is 4.91. The third-order valence-electron chi connectivity index (χ3n) is 3.07. The Morgan fingerprint density at radius 2 is 1.82 bits per heavy atom.